The lowest BCUT2D eigenvalue weighted by molar-refractivity contribution is 0.366. The van der Waals surface area contributed by atoms with Gasteiger partial charge in [0.2, 0.25) is 0 Å². The lowest BCUT2D eigenvalue weighted by Gasteiger charge is -2.46. The lowest BCUT2D eigenvalue weighted by Crippen LogP contribution is -2.45. The molecule has 0 unspecified atom stereocenters. The van der Waals surface area contributed by atoms with Crippen molar-refractivity contribution in [2.45, 2.75) is 57.3 Å². The normalized spacial score (nSPS) is 26.4. The fraction of sp³-hybridized carbons (Fsp3) is 0.294. The Kier molecular flexibility index (Phi) is 5.16. The first-order chi connectivity index (χ1) is 17.7. The van der Waals surface area contributed by atoms with Crippen LogP contribution in [0.15, 0.2) is 103 Å². The van der Waals surface area contributed by atoms with E-state index in [9.17, 15) is 0 Å². The maximum absolute atomic E-state index is 2.81. The molecule has 0 bridgehead atoms. The predicted octanol–water partition coefficient (Wildman–Crippen LogP) is 8.34. The number of hydrogen-bond donors (Lipinski definition) is 0. The van der Waals surface area contributed by atoms with Crippen LogP contribution in [0.25, 0.3) is 0 Å². The van der Waals surface area contributed by atoms with Gasteiger partial charge in [0.05, 0.1) is 18.1 Å². The molecule has 0 aliphatic carbocycles. The standard InChI is InChI=1S/C34H34N2/c1-23-13-16-27(17-14-23)35-33(26-11-7-4-8-12-26)22-29-32-20-19-30(25-9-5-3-6-10-25)36(32)31-18-15-24(2)21-28(31)34(29)35/h3-18,21,29-30,32-34H,19-20,22H2,1-2H3/t29-,30+,32+,33-,34+/m0/s1. The average Bonchev–Trinajstić information content (AvgIpc) is 3.53. The van der Waals surface area contributed by atoms with Crippen LogP contribution < -0.4 is 9.80 Å². The van der Waals surface area contributed by atoms with Crippen LogP contribution in [0.5, 0.6) is 0 Å². The Morgan fingerprint density at radius 2 is 1.25 bits per heavy atom. The summed E-state index contributed by atoms with van der Waals surface area (Å²) in [7, 11) is 0. The Balaban J connectivity index is 1.40. The fourth-order valence-corrected chi connectivity index (χ4v) is 7.43. The van der Waals surface area contributed by atoms with Gasteiger partial charge < -0.3 is 9.80 Å². The number of nitrogens with zero attached hydrogens (tertiary/aromatic N) is 2. The van der Waals surface area contributed by atoms with Crippen molar-refractivity contribution in [3.8, 4) is 0 Å². The van der Waals surface area contributed by atoms with E-state index in [0.717, 1.165) is 0 Å². The Bertz CT molecular complexity index is 1360. The number of rotatable bonds is 3. The minimum Gasteiger partial charge on any atom is -0.361 e. The summed E-state index contributed by atoms with van der Waals surface area (Å²) in [6, 6.07) is 40.7. The first-order valence-corrected chi connectivity index (χ1v) is 13.5. The number of fused-ring (bicyclic) bond motifs is 6. The van der Waals surface area contributed by atoms with Gasteiger partial charge in [-0.1, -0.05) is 96.1 Å². The van der Waals surface area contributed by atoms with E-state index >= 15 is 0 Å². The minimum absolute atomic E-state index is 0.382. The molecule has 3 aliphatic heterocycles. The van der Waals surface area contributed by atoms with Crippen LogP contribution >= 0.6 is 0 Å². The fourth-order valence-electron chi connectivity index (χ4n) is 7.43. The summed E-state index contributed by atoms with van der Waals surface area (Å²) in [5.41, 5.74) is 9.87. The van der Waals surface area contributed by atoms with E-state index in [1.165, 1.54) is 58.5 Å². The molecule has 0 radical (unpaired) electrons. The highest BCUT2D eigenvalue weighted by Crippen LogP contribution is 2.60. The molecule has 0 N–H and O–H groups in total. The molecule has 5 atom stereocenters. The molecule has 3 heterocycles. The lowest BCUT2D eigenvalue weighted by atomic mass is 9.80. The molecular formula is C34H34N2. The third-order valence-corrected chi connectivity index (χ3v) is 8.94. The topological polar surface area (TPSA) is 6.48 Å². The highest BCUT2D eigenvalue weighted by molar-refractivity contribution is 5.67. The average molecular weight is 471 g/mol. The number of aryl methyl sites for hydroxylation is 2. The second kappa shape index (κ2) is 8.55. The zero-order valence-electron chi connectivity index (χ0n) is 21.2. The zero-order valence-corrected chi connectivity index (χ0v) is 21.2. The van der Waals surface area contributed by atoms with Gasteiger partial charge in [-0.25, -0.2) is 0 Å². The van der Waals surface area contributed by atoms with E-state index in [1.807, 2.05) is 0 Å². The summed E-state index contributed by atoms with van der Waals surface area (Å²) in [4.78, 5) is 5.58. The molecule has 4 aromatic rings. The van der Waals surface area contributed by atoms with Crippen molar-refractivity contribution in [1.82, 2.24) is 0 Å². The third-order valence-electron chi connectivity index (χ3n) is 8.94. The van der Waals surface area contributed by atoms with Gasteiger partial charge in [0.1, 0.15) is 0 Å². The van der Waals surface area contributed by atoms with E-state index in [2.05, 4.69) is 127 Å². The van der Waals surface area contributed by atoms with Crippen molar-refractivity contribution >= 4 is 11.4 Å². The van der Waals surface area contributed by atoms with Gasteiger partial charge in [-0.2, -0.15) is 0 Å². The smallest absolute Gasteiger partial charge is 0.0618 e. The van der Waals surface area contributed by atoms with E-state index in [0.29, 0.717) is 30.1 Å². The van der Waals surface area contributed by atoms with Crippen molar-refractivity contribution in [2.75, 3.05) is 9.80 Å². The molecule has 7 rings (SSSR count). The molecule has 0 aromatic heterocycles. The van der Waals surface area contributed by atoms with Crippen molar-refractivity contribution in [2.24, 2.45) is 5.92 Å². The molecule has 2 heteroatoms. The van der Waals surface area contributed by atoms with Crippen LogP contribution in [0.4, 0.5) is 11.4 Å². The minimum atomic E-state index is 0.382. The summed E-state index contributed by atoms with van der Waals surface area (Å²) >= 11 is 0. The largest absolute Gasteiger partial charge is 0.361 e. The Morgan fingerprint density at radius 1 is 0.611 bits per heavy atom. The first kappa shape index (κ1) is 21.7. The molecule has 3 aliphatic rings. The predicted molar refractivity (Wildman–Crippen MR) is 150 cm³/mol. The maximum Gasteiger partial charge on any atom is 0.0618 e. The van der Waals surface area contributed by atoms with E-state index < -0.39 is 0 Å². The van der Waals surface area contributed by atoms with Crippen molar-refractivity contribution in [3.63, 3.8) is 0 Å². The van der Waals surface area contributed by atoms with Crippen LogP contribution in [0, 0.1) is 19.8 Å². The molecule has 2 fully saturated rings. The van der Waals surface area contributed by atoms with Crippen LogP contribution in [0.2, 0.25) is 0 Å². The van der Waals surface area contributed by atoms with E-state index in [1.54, 1.807) is 0 Å². The molecule has 36 heavy (non-hydrogen) atoms. The molecular weight excluding hydrogens is 436 g/mol. The van der Waals surface area contributed by atoms with E-state index in [4.69, 9.17) is 0 Å². The molecule has 0 amide bonds. The maximum atomic E-state index is 2.81. The van der Waals surface area contributed by atoms with Gasteiger partial charge in [0.15, 0.2) is 0 Å². The van der Waals surface area contributed by atoms with Crippen molar-refractivity contribution < 1.29 is 0 Å². The Labute approximate surface area is 215 Å². The Morgan fingerprint density at radius 3 is 1.94 bits per heavy atom. The van der Waals surface area contributed by atoms with Gasteiger partial charge >= 0.3 is 0 Å². The molecule has 180 valence electrons. The number of benzene rings is 4. The van der Waals surface area contributed by atoms with Gasteiger partial charge in [-0.15, -0.1) is 0 Å². The van der Waals surface area contributed by atoms with Gasteiger partial charge in [0, 0.05) is 23.3 Å². The van der Waals surface area contributed by atoms with Crippen LogP contribution in [0.1, 0.15) is 65.2 Å². The molecule has 0 saturated carbocycles. The third kappa shape index (κ3) is 3.38. The summed E-state index contributed by atoms with van der Waals surface area (Å²) in [5.74, 6) is 0.597. The molecule has 2 nitrogen and oxygen atoms in total. The summed E-state index contributed by atoms with van der Waals surface area (Å²) < 4.78 is 0. The van der Waals surface area contributed by atoms with Crippen molar-refractivity contribution in [3.05, 3.63) is 131 Å². The van der Waals surface area contributed by atoms with Crippen LogP contribution in [-0.2, 0) is 0 Å². The Hall–Kier alpha value is -3.52. The second-order valence-corrected chi connectivity index (χ2v) is 11.1. The summed E-state index contributed by atoms with van der Waals surface area (Å²) in [6.45, 7) is 4.44. The SMILES string of the molecule is Cc1ccc(N2[C@@H]3c4cc(C)ccc4N4[C@@H](c5ccccc5)CC[C@@H]4[C@@H]3C[C@H]2c2ccccc2)cc1. The first-order valence-electron chi connectivity index (χ1n) is 13.5. The van der Waals surface area contributed by atoms with Gasteiger partial charge in [-0.05, 0) is 68.0 Å². The summed E-state index contributed by atoms with van der Waals surface area (Å²) in [5, 5.41) is 0. The molecule has 4 aromatic carbocycles. The van der Waals surface area contributed by atoms with Crippen LogP contribution in [0.3, 0.4) is 0 Å². The monoisotopic (exact) mass is 470 g/mol. The van der Waals surface area contributed by atoms with E-state index in [-0.39, 0.29) is 0 Å². The van der Waals surface area contributed by atoms with Gasteiger partial charge in [-0.3, -0.25) is 0 Å². The van der Waals surface area contributed by atoms with Crippen molar-refractivity contribution in [1.29, 1.82) is 0 Å². The molecule has 0 spiro atoms. The highest BCUT2D eigenvalue weighted by atomic mass is 15.3. The molecule has 2 saturated heterocycles. The van der Waals surface area contributed by atoms with Gasteiger partial charge in [0.25, 0.3) is 0 Å². The van der Waals surface area contributed by atoms with Crippen LogP contribution in [-0.4, -0.2) is 6.04 Å². The number of hydrogen-bond acceptors (Lipinski definition) is 2. The summed E-state index contributed by atoms with van der Waals surface area (Å²) in [6.07, 6.45) is 3.68. The number of anilines is 2. The zero-order chi connectivity index (χ0) is 24.2. The highest BCUT2D eigenvalue weighted by Gasteiger charge is 2.54. The quantitative estimate of drug-likeness (QED) is 0.297. The second-order valence-electron chi connectivity index (χ2n) is 11.1.